The molecule has 1 aromatic carbocycles. The van der Waals surface area contributed by atoms with Gasteiger partial charge in [0, 0.05) is 12.6 Å². The molecule has 1 saturated heterocycles. The molecule has 3 heterocycles. The van der Waals surface area contributed by atoms with Crippen LogP contribution in [-0.2, 0) is 4.74 Å². The van der Waals surface area contributed by atoms with Crippen LogP contribution in [0.3, 0.4) is 0 Å². The highest BCUT2D eigenvalue weighted by atomic mass is 35.5. The number of carbonyl (C=O) groups is 2. The van der Waals surface area contributed by atoms with E-state index < -0.39 is 5.60 Å². The molecule has 1 aliphatic rings. The summed E-state index contributed by atoms with van der Waals surface area (Å²) < 4.78 is 11.6. The van der Waals surface area contributed by atoms with Crippen molar-refractivity contribution in [2.45, 2.75) is 52.2 Å². The number of halogens is 1. The number of para-hydroxylation sites is 1. The van der Waals surface area contributed by atoms with Crippen molar-refractivity contribution in [3.63, 3.8) is 0 Å². The van der Waals surface area contributed by atoms with Crippen LogP contribution in [0.5, 0.6) is 5.88 Å². The molecule has 0 radical (unpaired) electrons. The zero-order chi connectivity index (χ0) is 26.6. The second kappa shape index (κ2) is 11.4. The number of likely N-dealkylation sites (tertiary alicyclic amines) is 1. The maximum atomic E-state index is 12.7. The Balaban J connectivity index is 1.36. The Bertz CT molecular complexity index is 1260. The molecule has 0 spiro atoms. The highest BCUT2D eigenvalue weighted by molar-refractivity contribution is 7.17. The van der Waals surface area contributed by atoms with Gasteiger partial charge in [0.05, 0.1) is 23.5 Å². The van der Waals surface area contributed by atoms with Crippen LogP contribution >= 0.6 is 22.9 Å². The summed E-state index contributed by atoms with van der Waals surface area (Å²) >= 11 is 7.42. The summed E-state index contributed by atoms with van der Waals surface area (Å²) in [5.41, 5.74) is 0.907. The number of carbonyl (C=O) groups excluding carboxylic acids is 2. The van der Waals surface area contributed by atoms with Gasteiger partial charge in [-0.15, -0.1) is 0 Å². The number of nitrogens with one attached hydrogen (secondary N) is 2. The minimum absolute atomic E-state index is 0.188. The van der Waals surface area contributed by atoms with Crippen LogP contribution in [0.2, 0.25) is 5.02 Å². The topological polar surface area (TPSA) is 106 Å². The molecule has 0 aliphatic carbocycles. The van der Waals surface area contributed by atoms with Crippen LogP contribution in [0, 0.1) is 6.92 Å². The van der Waals surface area contributed by atoms with E-state index in [2.05, 4.69) is 20.6 Å². The number of nitrogens with zero attached hydrogens (tertiary/aromatic N) is 3. The van der Waals surface area contributed by atoms with Gasteiger partial charge in [0.15, 0.2) is 5.13 Å². The number of rotatable bonds is 6. The summed E-state index contributed by atoms with van der Waals surface area (Å²) in [5, 5.41) is 6.96. The lowest BCUT2D eigenvalue weighted by Gasteiger charge is -2.33. The van der Waals surface area contributed by atoms with Crippen molar-refractivity contribution in [1.82, 2.24) is 14.9 Å². The third-order valence-corrected chi connectivity index (χ3v) is 6.69. The van der Waals surface area contributed by atoms with Gasteiger partial charge in [-0.05, 0) is 58.2 Å². The lowest BCUT2D eigenvalue weighted by molar-refractivity contribution is 0.00723. The fraction of sp³-hybridized carbons (Fsp3) is 0.385. The van der Waals surface area contributed by atoms with Gasteiger partial charge in [0.2, 0.25) is 5.88 Å². The maximum absolute atomic E-state index is 12.7. The van der Waals surface area contributed by atoms with Crippen LogP contribution in [-0.4, -0.2) is 51.7 Å². The number of piperidine rings is 1. The molecule has 1 fully saturated rings. The number of anilines is 3. The molecule has 37 heavy (non-hydrogen) atoms. The van der Waals surface area contributed by atoms with Gasteiger partial charge in [-0.25, -0.2) is 9.78 Å². The summed E-state index contributed by atoms with van der Waals surface area (Å²) in [6.07, 6.45) is 2.61. The smallest absolute Gasteiger partial charge is 0.410 e. The zero-order valence-corrected chi connectivity index (χ0v) is 22.8. The van der Waals surface area contributed by atoms with Crippen molar-refractivity contribution < 1.29 is 19.1 Å². The van der Waals surface area contributed by atoms with E-state index >= 15 is 0 Å². The maximum Gasteiger partial charge on any atom is 0.410 e. The van der Waals surface area contributed by atoms with Gasteiger partial charge in [0.1, 0.15) is 22.4 Å². The summed E-state index contributed by atoms with van der Waals surface area (Å²) in [4.78, 5) is 36.1. The summed E-state index contributed by atoms with van der Waals surface area (Å²) in [7, 11) is 0. The highest BCUT2D eigenvalue weighted by Gasteiger charge is 2.28. The van der Waals surface area contributed by atoms with Crippen molar-refractivity contribution >= 4 is 51.6 Å². The Kier molecular flexibility index (Phi) is 8.19. The highest BCUT2D eigenvalue weighted by Crippen LogP contribution is 2.28. The van der Waals surface area contributed by atoms with E-state index in [4.69, 9.17) is 21.1 Å². The number of thiazole rings is 1. The summed E-state index contributed by atoms with van der Waals surface area (Å²) in [5.74, 6) is 0.670. The first-order valence-electron chi connectivity index (χ1n) is 12.0. The third-order valence-electron chi connectivity index (χ3n) is 5.47. The Morgan fingerprint density at radius 2 is 1.97 bits per heavy atom. The number of pyridine rings is 1. The largest absolute Gasteiger partial charge is 0.472 e. The van der Waals surface area contributed by atoms with Crippen molar-refractivity contribution in [3.05, 3.63) is 58.1 Å². The molecule has 3 aromatic rings. The number of aromatic nitrogens is 2. The number of hydrogen-bond acceptors (Lipinski definition) is 8. The molecule has 2 aromatic heterocycles. The first kappa shape index (κ1) is 26.7. The predicted octanol–water partition coefficient (Wildman–Crippen LogP) is 6.27. The number of aryl methyl sites for hydroxylation is 1. The Hall–Kier alpha value is -3.37. The van der Waals surface area contributed by atoms with Crippen molar-refractivity contribution in [2.75, 3.05) is 23.7 Å². The Labute approximate surface area is 225 Å². The van der Waals surface area contributed by atoms with Crippen molar-refractivity contribution in [3.8, 4) is 5.88 Å². The average Bonchev–Trinajstić information content (AvgIpc) is 3.29. The second-order valence-electron chi connectivity index (χ2n) is 9.71. The van der Waals surface area contributed by atoms with Gasteiger partial charge in [0.25, 0.3) is 5.91 Å². The van der Waals surface area contributed by atoms with E-state index in [9.17, 15) is 9.59 Å². The molecule has 0 saturated carbocycles. The molecule has 0 bridgehead atoms. The van der Waals surface area contributed by atoms with Gasteiger partial charge in [-0.3, -0.25) is 4.79 Å². The van der Waals surface area contributed by atoms with Crippen LogP contribution in [0.25, 0.3) is 0 Å². The van der Waals surface area contributed by atoms with Gasteiger partial charge in [-0.1, -0.05) is 41.1 Å². The second-order valence-corrected chi connectivity index (χ2v) is 11.1. The Morgan fingerprint density at radius 1 is 1.19 bits per heavy atom. The molecule has 11 heteroatoms. The fourth-order valence-corrected chi connectivity index (χ4v) is 4.75. The third kappa shape index (κ3) is 7.33. The van der Waals surface area contributed by atoms with Gasteiger partial charge < -0.3 is 25.0 Å². The SMILES string of the molecule is Cc1cccc(Cl)c1NC(=O)c1cnc(Nc2cccc(O[C@H]3CCCN(C(=O)OC(C)(C)C)C3)n2)s1. The lowest BCUT2D eigenvalue weighted by Crippen LogP contribution is -2.46. The normalized spacial score (nSPS) is 15.7. The quantitative estimate of drug-likeness (QED) is 0.377. The van der Waals surface area contributed by atoms with Crippen LogP contribution < -0.4 is 15.4 Å². The summed E-state index contributed by atoms with van der Waals surface area (Å²) in [6.45, 7) is 8.50. The van der Waals surface area contributed by atoms with E-state index in [0.717, 1.165) is 18.4 Å². The molecule has 2 N–H and O–H groups in total. The molecule has 4 rings (SSSR count). The number of hydrogen-bond donors (Lipinski definition) is 2. The van der Waals surface area contributed by atoms with E-state index in [-0.39, 0.29) is 18.1 Å². The van der Waals surface area contributed by atoms with E-state index in [1.54, 1.807) is 23.1 Å². The van der Waals surface area contributed by atoms with E-state index in [1.165, 1.54) is 17.5 Å². The van der Waals surface area contributed by atoms with Gasteiger partial charge >= 0.3 is 6.09 Å². The van der Waals surface area contributed by atoms with Crippen molar-refractivity contribution in [1.29, 1.82) is 0 Å². The standard InChI is InChI=1S/C26H30ClN5O4S/c1-16-8-5-10-18(27)22(16)31-23(33)19-14-28-24(37-19)30-20-11-6-12-21(29-20)35-17-9-7-13-32(15-17)25(34)36-26(2,3)4/h5-6,8,10-12,14,17H,7,9,13,15H2,1-4H3,(H,31,33)(H,28,29,30)/t17-/m0/s1. The molecule has 9 nitrogen and oxygen atoms in total. The zero-order valence-electron chi connectivity index (χ0n) is 21.2. The van der Waals surface area contributed by atoms with E-state index in [0.29, 0.717) is 45.5 Å². The fourth-order valence-electron chi connectivity index (χ4n) is 3.76. The Morgan fingerprint density at radius 3 is 2.73 bits per heavy atom. The molecule has 0 unspecified atom stereocenters. The summed E-state index contributed by atoms with van der Waals surface area (Å²) in [6, 6.07) is 10.8. The molecule has 1 atom stereocenters. The first-order chi connectivity index (χ1) is 17.6. The number of benzene rings is 1. The molecular formula is C26H30ClN5O4S. The predicted molar refractivity (Wildman–Crippen MR) is 145 cm³/mol. The van der Waals surface area contributed by atoms with Crippen molar-refractivity contribution in [2.24, 2.45) is 0 Å². The minimum Gasteiger partial charge on any atom is -0.472 e. The van der Waals surface area contributed by atoms with E-state index in [1.807, 2.05) is 45.9 Å². The average molecular weight is 544 g/mol. The number of ether oxygens (including phenoxy) is 2. The molecule has 1 aliphatic heterocycles. The molecule has 196 valence electrons. The number of amides is 2. The van der Waals surface area contributed by atoms with Gasteiger partial charge in [-0.2, -0.15) is 4.98 Å². The van der Waals surface area contributed by atoms with Crippen LogP contribution in [0.1, 0.15) is 48.8 Å². The first-order valence-corrected chi connectivity index (χ1v) is 13.2. The lowest BCUT2D eigenvalue weighted by atomic mass is 10.1. The monoisotopic (exact) mass is 543 g/mol. The molecular weight excluding hydrogens is 514 g/mol. The van der Waals surface area contributed by atoms with Crippen LogP contribution in [0.15, 0.2) is 42.6 Å². The van der Waals surface area contributed by atoms with Crippen LogP contribution in [0.4, 0.5) is 21.4 Å². The molecule has 2 amide bonds. The minimum atomic E-state index is -0.545.